The number of nitrogens with zero attached hydrogens (tertiary/aromatic N) is 1. The summed E-state index contributed by atoms with van der Waals surface area (Å²) in [5, 5.41) is 2.98. The Morgan fingerprint density at radius 3 is 2.38 bits per heavy atom. The molecule has 1 amide bonds. The van der Waals surface area contributed by atoms with Gasteiger partial charge in [-0.3, -0.25) is 4.79 Å². The van der Waals surface area contributed by atoms with Crippen molar-refractivity contribution in [2.45, 2.75) is 20.3 Å². The Kier molecular flexibility index (Phi) is 7.76. The molecule has 0 saturated carbocycles. The van der Waals surface area contributed by atoms with E-state index in [9.17, 15) is 4.79 Å². The summed E-state index contributed by atoms with van der Waals surface area (Å²) in [5.41, 5.74) is 2.99. The highest BCUT2D eigenvalue weighted by molar-refractivity contribution is 5.94. The van der Waals surface area contributed by atoms with Gasteiger partial charge in [-0.15, -0.1) is 0 Å². The number of morpholine rings is 1. The molecule has 156 valence electrons. The number of amides is 1. The molecule has 1 fully saturated rings. The highest BCUT2D eigenvalue weighted by Gasteiger charge is 2.12. The van der Waals surface area contributed by atoms with Crippen LogP contribution in [-0.2, 0) is 11.2 Å². The van der Waals surface area contributed by atoms with Crippen molar-refractivity contribution in [2.24, 2.45) is 0 Å². The molecule has 0 radical (unpaired) electrons. The Morgan fingerprint density at radius 1 is 1.00 bits per heavy atom. The first-order chi connectivity index (χ1) is 14.2. The van der Waals surface area contributed by atoms with Crippen molar-refractivity contribution in [3.63, 3.8) is 0 Å². The second kappa shape index (κ2) is 10.7. The normalized spacial score (nSPS) is 13.8. The molecule has 6 heteroatoms. The van der Waals surface area contributed by atoms with E-state index in [1.54, 1.807) is 18.2 Å². The number of carbonyl (C=O) groups is 1. The smallest absolute Gasteiger partial charge is 0.251 e. The molecule has 1 N–H and O–H groups in total. The predicted molar refractivity (Wildman–Crippen MR) is 114 cm³/mol. The van der Waals surface area contributed by atoms with Crippen molar-refractivity contribution in [1.82, 2.24) is 5.32 Å². The van der Waals surface area contributed by atoms with E-state index < -0.39 is 0 Å². The second-order valence-corrected chi connectivity index (χ2v) is 6.80. The van der Waals surface area contributed by atoms with Gasteiger partial charge in [0.05, 0.1) is 26.4 Å². The molecule has 0 atom stereocenters. The van der Waals surface area contributed by atoms with Crippen LogP contribution in [0.4, 0.5) is 5.69 Å². The van der Waals surface area contributed by atoms with Crippen LogP contribution in [0.3, 0.4) is 0 Å². The van der Waals surface area contributed by atoms with Gasteiger partial charge in [-0.2, -0.15) is 0 Å². The van der Waals surface area contributed by atoms with Crippen molar-refractivity contribution in [3.8, 4) is 11.5 Å². The maximum atomic E-state index is 12.5. The minimum absolute atomic E-state index is 0.112. The van der Waals surface area contributed by atoms with E-state index in [1.165, 1.54) is 11.3 Å². The first kappa shape index (κ1) is 21.0. The van der Waals surface area contributed by atoms with Crippen LogP contribution in [0.1, 0.15) is 29.8 Å². The number of carbonyl (C=O) groups excluding carboxylic acids is 1. The molecule has 1 aliphatic heterocycles. The van der Waals surface area contributed by atoms with Crippen LogP contribution in [-0.4, -0.2) is 52.0 Å². The largest absolute Gasteiger partial charge is 0.490 e. The van der Waals surface area contributed by atoms with E-state index in [-0.39, 0.29) is 5.91 Å². The summed E-state index contributed by atoms with van der Waals surface area (Å²) >= 11 is 0. The van der Waals surface area contributed by atoms with Crippen molar-refractivity contribution in [1.29, 1.82) is 0 Å². The minimum atomic E-state index is -0.112. The van der Waals surface area contributed by atoms with Crippen molar-refractivity contribution < 1.29 is 19.0 Å². The number of anilines is 1. The van der Waals surface area contributed by atoms with E-state index in [2.05, 4.69) is 34.5 Å². The van der Waals surface area contributed by atoms with E-state index >= 15 is 0 Å². The zero-order valence-corrected chi connectivity index (χ0v) is 17.3. The third kappa shape index (κ3) is 5.87. The standard InChI is InChI=1S/C23H30N2O4/c1-3-28-21-10-7-19(17-22(21)29-4-2)23(26)24-12-11-18-5-8-20(9-6-18)25-13-15-27-16-14-25/h5-10,17H,3-4,11-16H2,1-2H3,(H,24,26). The highest BCUT2D eigenvalue weighted by Crippen LogP contribution is 2.28. The van der Waals surface area contributed by atoms with E-state index in [4.69, 9.17) is 14.2 Å². The van der Waals surface area contributed by atoms with Gasteiger partial charge in [0.25, 0.3) is 5.91 Å². The van der Waals surface area contributed by atoms with Gasteiger partial charge in [-0.25, -0.2) is 0 Å². The van der Waals surface area contributed by atoms with E-state index in [1.807, 2.05) is 13.8 Å². The molecule has 0 aromatic heterocycles. The molecular formula is C23H30N2O4. The number of hydrogen-bond donors (Lipinski definition) is 1. The Morgan fingerprint density at radius 2 is 1.69 bits per heavy atom. The molecule has 0 bridgehead atoms. The van der Waals surface area contributed by atoms with Crippen molar-refractivity contribution >= 4 is 11.6 Å². The zero-order chi connectivity index (χ0) is 20.5. The first-order valence-electron chi connectivity index (χ1n) is 10.3. The topological polar surface area (TPSA) is 60.0 Å². The Labute approximate surface area is 172 Å². The van der Waals surface area contributed by atoms with Crippen LogP contribution in [0, 0.1) is 0 Å². The first-order valence-corrected chi connectivity index (χ1v) is 10.3. The van der Waals surface area contributed by atoms with Gasteiger partial charge < -0.3 is 24.4 Å². The molecule has 1 saturated heterocycles. The molecule has 3 rings (SSSR count). The third-order valence-electron chi connectivity index (χ3n) is 4.82. The molecule has 6 nitrogen and oxygen atoms in total. The molecular weight excluding hydrogens is 368 g/mol. The van der Waals surface area contributed by atoms with Crippen molar-refractivity contribution in [3.05, 3.63) is 53.6 Å². The van der Waals surface area contributed by atoms with Gasteiger partial charge in [0.2, 0.25) is 0 Å². The number of rotatable bonds is 9. The van der Waals surface area contributed by atoms with Crippen LogP contribution in [0.2, 0.25) is 0 Å². The van der Waals surface area contributed by atoms with E-state index in [0.717, 1.165) is 32.7 Å². The van der Waals surface area contributed by atoms with Gasteiger partial charge >= 0.3 is 0 Å². The summed E-state index contributed by atoms with van der Waals surface area (Å²) in [4.78, 5) is 14.8. The monoisotopic (exact) mass is 398 g/mol. The minimum Gasteiger partial charge on any atom is -0.490 e. The summed E-state index contributed by atoms with van der Waals surface area (Å²) < 4.78 is 16.5. The molecule has 0 spiro atoms. The average molecular weight is 399 g/mol. The summed E-state index contributed by atoms with van der Waals surface area (Å²) in [6.07, 6.45) is 0.782. The summed E-state index contributed by atoms with van der Waals surface area (Å²) in [6, 6.07) is 13.8. The van der Waals surface area contributed by atoms with Gasteiger partial charge in [0, 0.05) is 30.9 Å². The Hall–Kier alpha value is -2.73. The fraction of sp³-hybridized carbons (Fsp3) is 0.435. The Bertz CT molecular complexity index is 786. The predicted octanol–water partition coefficient (Wildman–Crippen LogP) is 3.29. The molecule has 29 heavy (non-hydrogen) atoms. The maximum absolute atomic E-state index is 12.5. The molecule has 1 heterocycles. The Balaban J connectivity index is 1.52. The van der Waals surface area contributed by atoms with Gasteiger partial charge in [-0.05, 0) is 56.2 Å². The second-order valence-electron chi connectivity index (χ2n) is 6.80. The lowest BCUT2D eigenvalue weighted by atomic mass is 10.1. The summed E-state index contributed by atoms with van der Waals surface area (Å²) in [5.74, 6) is 1.14. The molecule has 2 aromatic carbocycles. The van der Waals surface area contributed by atoms with Crippen LogP contribution >= 0.6 is 0 Å². The van der Waals surface area contributed by atoms with Crippen LogP contribution in [0.15, 0.2) is 42.5 Å². The third-order valence-corrected chi connectivity index (χ3v) is 4.82. The van der Waals surface area contributed by atoms with Crippen LogP contribution in [0.5, 0.6) is 11.5 Å². The maximum Gasteiger partial charge on any atom is 0.251 e. The zero-order valence-electron chi connectivity index (χ0n) is 17.3. The van der Waals surface area contributed by atoms with Gasteiger partial charge in [-0.1, -0.05) is 12.1 Å². The van der Waals surface area contributed by atoms with Crippen molar-refractivity contribution in [2.75, 3.05) is 51.0 Å². The molecule has 0 unspecified atom stereocenters. The lowest BCUT2D eigenvalue weighted by Crippen LogP contribution is -2.36. The number of ether oxygens (including phenoxy) is 3. The molecule has 0 aliphatic carbocycles. The van der Waals surface area contributed by atoms with E-state index in [0.29, 0.717) is 36.8 Å². The van der Waals surface area contributed by atoms with Gasteiger partial charge in [0.15, 0.2) is 11.5 Å². The molecule has 1 aliphatic rings. The fourth-order valence-electron chi connectivity index (χ4n) is 3.31. The summed E-state index contributed by atoms with van der Waals surface area (Å²) in [6.45, 7) is 8.90. The molecule has 2 aromatic rings. The van der Waals surface area contributed by atoms with Crippen LogP contribution < -0.4 is 19.7 Å². The summed E-state index contributed by atoms with van der Waals surface area (Å²) in [7, 11) is 0. The number of hydrogen-bond acceptors (Lipinski definition) is 5. The lowest BCUT2D eigenvalue weighted by molar-refractivity contribution is 0.0953. The SMILES string of the molecule is CCOc1ccc(C(=O)NCCc2ccc(N3CCOCC3)cc2)cc1OCC. The lowest BCUT2D eigenvalue weighted by Gasteiger charge is -2.28. The van der Waals surface area contributed by atoms with Crippen LogP contribution in [0.25, 0.3) is 0 Å². The fourth-order valence-corrected chi connectivity index (χ4v) is 3.31. The number of nitrogens with one attached hydrogen (secondary N) is 1. The average Bonchev–Trinajstić information content (AvgIpc) is 2.76. The quantitative estimate of drug-likeness (QED) is 0.702. The van der Waals surface area contributed by atoms with Gasteiger partial charge in [0.1, 0.15) is 0 Å². The number of benzene rings is 2. The highest BCUT2D eigenvalue weighted by atomic mass is 16.5.